The SMILES string of the molecule is CN[C@H](CC(C)C)C(=O)N[C@H]1C(=O)N[C@@H](CC(N)=O)C(=O)N[C@H]2C(=O)NC3C(=O)N[C@H](C(=O)N[C@@H](C(=O)O)c4cc(O)cc(O)c4-c4cc3ccc4O)[C@H](OC3C[C@](C)(NCc4c[nH]cn4)[C@@H](O)[C@H](C)O3)c3ccc(c(Cl)c3)Oc3cc2cc(c3O[C@@H]2O[C@H](CO)[C@@H](O)[C@H](O)[C@H]2O)Oc2ccc(cc2Cl)[C@H]1O. The van der Waals surface area contributed by atoms with Crippen LogP contribution in [-0.2, 0) is 59.1 Å². The number of fused-ring (bicyclic) bond motifs is 15. The summed E-state index contributed by atoms with van der Waals surface area (Å²) < 4.78 is 38.6. The maximum absolute atomic E-state index is 16.2. The number of carbonyl (C=O) groups excluding carboxylic acids is 7. The third kappa shape index (κ3) is 16.8. The summed E-state index contributed by atoms with van der Waals surface area (Å²) in [5.74, 6) is -16.0. The first-order chi connectivity index (χ1) is 50.7. The second-order valence-electron chi connectivity index (χ2n) is 27.0. The Morgan fingerprint density at radius 2 is 1.38 bits per heavy atom. The number of halogens is 2. The van der Waals surface area contributed by atoms with Gasteiger partial charge in [0.25, 0.3) is 0 Å². The zero-order valence-corrected chi connectivity index (χ0v) is 59.1. The Kier molecular flexibility index (Phi) is 23.5. The lowest BCUT2D eigenvalue weighted by molar-refractivity contribution is -0.277. The van der Waals surface area contributed by atoms with Gasteiger partial charge in [-0.15, -0.1) is 0 Å². The lowest BCUT2D eigenvalue weighted by atomic mass is 9.85. The van der Waals surface area contributed by atoms with Gasteiger partial charge < -0.3 is 133 Å². The van der Waals surface area contributed by atoms with Gasteiger partial charge in [0, 0.05) is 47.5 Å². The smallest absolute Gasteiger partial charge is 0.330 e. The molecule has 11 bridgehead atoms. The van der Waals surface area contributed by atoms with Crippen molar-refractivity contribution in [2.24, 2.45) is 11.7 Å². The fraction of sp³-hybridized carbons (Fsp3) is 0.414. The molecule has 0 saturated carbocycles. The van der Waals surface area contributed by atoms with Gasteiger partial charge in [-0.1, -0.05) is 55.2 Å². The van der Waals surface area contributed by atoms with Crippen molar-refractivity contribution in [1.82, 2.24) is 52.5 Å². The van der Waals surface area contributed by atoms with Gasteiger partial charge in [-0.3, -0.25) is 33.6 Å². The van der Waals surface area contributed by atoms with Crippen molar-refractivity contribution in [2.75, 3.05) is 13.7 Å². The number of carboxylic acids is 1. The van der Waals surface area contributed by atoms with Crippen LogP contribution < -0.4 is 62.5 Å². The van der Waals surface area contributed by atoms with Gasteiger partial charge in [-0.05, 0) is 110 Å². The molecular weight excluding hydrogens is 1450 g/mol. The lowest BCUT2D eigenvalue weighted by Crippen LogP contribution is -2.63. The van der Waals surface area contributed by atoms with E-state index < -0.39 is 231 Å². The Hall–Kier alpha value is -9.99. The van der Waals surface area contributed by atoms with E-state index in [4.69, 9.17) is 57.4 Å². The van der Waals surface area contributed by atoms with Crippen molar-refractivity contribution in [1.29, 1.82) is 0 Å². The first kappa shape index (κ1) is 78.1. The van der Waals surface area contributed by atoms with Gasteiger partial charge in [0.2, 0.25) is 53.4 Å². The highest BCUT2D eigenvalue weighted by Gasteiger charge is 2.50. The van der Waals surface area contributed by atoms with Gasteiger partial charge in [0.1, 0.15) is 95.6 Å². The van der Waals surface area contributed by atoms with E-state index in [0.29, 0.717) is 5.69 Å². The van der Waals surface area contributed by atoms with Crippen molar-refractivity contribution in [3.8, 4) is 57.1 Å². The number of primary amides is 1. The van der Waals surface area contributed by atoms with Gasteiger partial charge in [-0.25, -0.2) is 9.78 Å². The van der Waals surface area contributed by atoms with Gasteiger partial charge in [0.15, 0.2) is 23.8 Å². The number of H-pyrrole nitrogens is 1. The van der Waals surface area contributed by atoms with Crippen LogP contribution in [0.15, 0.2) is 91.4 Å². The molecule has 7 aliphatic rings. The summed E-state index contributed by atoms with van der Waals surface area (Å²) in [6.07, 6.45) is -15.9. The second kappa shape index (κ2) is 32.2. The molecule has 5 aromatic carbocycles. The van der Waals surface area contributed by atoms with Crippen molar-refractivity contribution in [3.05, 3.63) is 135 Å². The Balaban J connectivity index is 1.17. The highest BCUT2D eigenvalue weighted by atomic mass is 35.5. The summed E-state index contributed by atoms with van der Waals surface area (Å²) >= 11 is 14.3. The summed E-state index contributed by atoms with van der Waals surface area (Å²) in [6, 6.07) is -0.328. The standard InChI is InChI=1S/C70H79Cl2N11O24/c1-26(2)12-38(74-5)62(94)82-53-55(89)29-7-10-42(36(71)14-29)103-44-16-31-17-45(60(44)107-69-58(92)57(91)56(90)46(24-84)105-69)104-43-11-8-30(15-37(43)72)59(106-48-21-70(4,61(93)27(3)102-48)77-23-32-22-75-25-76-32)54-67(99)81-52(68(100)101)35-18-33(85)19-41(87)49(35)34-13-28(6-9-40(34)86)50(64(96)83-54)80-65(97)51(31)79-63(95)39(20-47(73)88)78-66(53)98/h6-11,13-19,22,25-27,38-39,46,48,50-59,61,69,74,77,84-87,89-93H,12,20-21,23-24H2,1-5H3,(H2,73,88)(H,75,76)(H,78,98)(H,79,95)(H,80,97)(H,81,99)(H,82,94)(H,83,96)(H,100,101)/t27-,38+,39-,46+,48?,50?,51+,52+,53+,54-,55+,56+,57-,58+,59+,61-,69-,70-/m0/s1. The van der Waals surface area contributed by atoms with E-state index in [9.17, 15) is 70.2 Å². The Morgan fingerprint density at radius 3 is 2.01 bits per heavy atom. The predicted molar refractivity (Wildman–Crippen MR) is 371 cm³/mol. The van der Waals surface area contributed by atoms with Crippen LogP contribution in [0.25, 0.3) is 11.1 Å². The maximum atomic E-state index is 16.2. The molecule has 0 radical (unpaired) electrons. The summed E-state index contributed by atoms with van der Waals surface area (Å²) in [6.45, 7) is 5.92. The van der Waals surface area contributed by atoms with E-state index in [2.05, 4.69) is 52.5 Å². The number of phenols is 3. The number of amides is 7. The number of aromatic hydroxyl groups is 3. The number of imidazole rings is 1. The van der Waals surface area contributed by atoms with Crippen LogP contribution in [0.1, 0.15) is 111 Å². The molecule has 1 aromatic heterocycles. The number of aromatic nitrogens is 2. The molecule has 6 aromatic rings. The Bertz CT molecular complexity index is 4400. The average molecular weight is 1530 g/mol. The third-order valence-electron chi connectivity index (χ3n) is 18.9. The predicted octanol–water partition coefficient (Wildman–Crippen LogP) is 0.660. The quantitative estimate of drug-likeness (QED) is 0.0633. The largest absolute Gasteiger partial charge is 0.508 e. The number of rotatable bonds is 16. The highest BCUT2D eigenvalue weighted by Crippen LogP contribution is 2.50. The number of likely N-dealkylation sites (N-methyl/N-ethyl adjacent to an activating group) is 1. The van der Waals surface area contributed by atoms with Gasteiger partial charge >= 0.3 is 5.97 Å². The monoisotopic (exact) mass is 1530 g/mol. The molecule has 572 valence electrons. The molecule has 0 spiro atoms. The number of aromatic amines is 1. The molecule has 13 rings (SSSR count). The number of carbonyl (C=O) groups is 8. The number of carboxylic acid groups (broad SMARTS) is 1. The molecule has 2 saturated heterocycles. The van der Waals surface area contributed by atoms with Crippen molar-refractivity contribution in [2.45, 2.75) is 163 Å². The van der Waals surface area contributed by atoms with Crippen LogP contribution in [0.5, 0.6) is 46.0 Å². The number of nitrogens with one attached hydrogen (secondary N) is 9. The number of aliphatic hydroxyl groups excluding tert-OH is 6. The zero-order valence-electron chi connectivity index (χ0n) is 57.6. The van der Waals surface area contributed by atoms with E-state index in [1.165, 1.54) is 50.6 Å². The zero-order chi connectivity index (χ0) is 77.4. The van der Waals surface area contributed by atoms with Crippen molar-refractivity contribution < 1.29 is 118 Å². The maximum Gasteiger partial charge on any atom is 0.330 e. The number of ether oxygens (including phenoxy) is 6. The normalized spacial score (nSPS) is 28.4. The Morgan fingerprint density at radius 1 is 0.738 bits per heavy atom. The van der Waals surface area contributed by atoms with Crippen LogP contribution >= 0.6 is 23.2 Å². The number of nitrogens with zero attached hydrogens (tertiary/aromatic N) is 1. The molecule has 7 aliphatic heterocycles. The molecule has 2 unspecified atom stereocenters. The number of benzene rings is 5. The minimum absolute atomic E-state index is 0.0812. The summed E-state index contributed by atoms with van der Waals surface area (Å²) in [4.78, 5) is 126. The van der Waals surface area contributed by atoms with E-state index in [0.717, 1.165) is 48.5 Å². The number of aliphatic carboxylic acids is 1. The lowest BCUT2D eigenvalue weighted by Gasteiger charge is -2.46. The second-order valence-corrected chi connectivity index (χ2v) is 27.9. The minimum Gasteiger partial charge on any atom is -0.508 e. The Labute approximate surface area is 618 Å². The van der Waals surface area contributed by atoms with Gasteiger partial charge in [0.05, 0.1) is 53.3 Å². The summed E-state index contributed by atoms with van der Waals surface area (Å²) in [5.41, 5.74) is 2.27. The topological polar surface area (TPSA) is 545 Å². The molecule has 18 atom stereocenters. The van der Waals surface area contributed by atoms with Crippen LogP contribution in [0.3, 0.4) is 0 Å². The van der Waals surface area contributed by atoms with Crippen LogP contribution in [-0.4, -0.2) is 201 Å². The van der Waals surface area contributed by atoms with Crippen LogP contribution in [0.2, 0.25) is 10.0 Å². The van der Waals surface area contributed by atoms with E-state index >= 15 is 19.2 Å². The van der Waals surface area contributed by atoms with E-state index in [1.807, 2.05) is 13.8 Å². The number of nitrogens with two attached hydrogens (primary N) is 1. The molecule has 21 N–H and O–H groups in total. The number of hydrogen-bond acceptors (Lipinski definition) is 26. The molecule has 37 heteroatoms. The molecule has 0 aliphatic carbocycles. The van der Waals surface area contributed by atoms with Crippen molar-refractivity contribution >= 4 is 70.5 Å². The molecular formula is C70H79Cl2N11O24. The van der Waals surface area contributed by atoms with Crippen LogP contribution in [0.4, 0.5) is 0 Å². The molecule has 7 amide bonds. The fourth-order valence-corrected chi connectivity index (χ4v) is 13.8. The average Bonchev–Trinajstić information content (AvgIpc) is 1.09. The summed E-state index contributed by atoms with van der Waals surface area (Å²) in [7, 11) is 1.47. The number of phenolic OH excluding ortho intramolecular Hbond substituents is 3. The van der Waals surface area contributed by atoms with Crippen molar-refractivity contribution in [3.63, 3.8) is 0 Å². The molecule has 107 heavy (non-hydrogen) atoms. The third-order valence-corrected chi connectivity index (χ3v) is 19.5. The fourth-order valence-electron chi connectivity index (χ4n) is 13.3. The summed E-state index contributed by atoms with van der Waals surface area (Å²) in [5, 5.41) is 134. The van der Waals surface area contributed by atoms with E-state index in [1.54, 1.807) is 13.1 Å². The first-order valence-electron chi connectivity index (χ1n) is 33.6. The number of hydrogen-bond donors (Lipinski definition) is 20. The van der Waals surface area contributed by atoms with Crippen LogP contribution in [0, 0.1) is 5.92 Å². The minimum atomic E-state index is -2.35. The molecule has 8 heterocycles. The molecule has 2 fully saturated rings. The first-order valence-corrected chi connectivity index (χ1v) is 34.4. The highest BCUT2D eigenvalue weighted by molar-refractivity contribution is 6.32. The van der Waals surface area contributed by atoms with Gasteiger partial charge in [-0.2, -0.15) is 0 Å². The molecule has 35 nitrogen and oxygen atoms in total. The number of aliphatic hydroxyl groups is 6. The van der Waals surface area contributed by atoms with E-state index in [-0.39, 0.29) is 58.5 Å².